The van der Waals surface area contributed by atoms with Crippen molar-refractivity contribution in [2.24, 2.45) is 5.73 Å². The van der Waals surface area contributed by atoms with E-state index < -0.39 is 5.91 Å². The lowest BCUT2D eigenvalue weighted by Crippen LogP contribution is -2.49. The van der Waals surface area contributed by atoms with Crippen LogP contribution < -0.4 is 26.8 Å². The number of aromatic nitrogens is 1. The number of rotatable bonds is 6. The lowest BCUT2D eigenvalue weighted by atomic mass is 10.3. The maximum Gasteiger partial charge on any atom is 0.289 e. The number of nitrogens with one attached hydrogen (secondary N) is 3. The average Bonchev–Trinajstić information content (AvgIpc) is 3.08. The van der Waals surface area contributed by atoms with Gasteiger partial charge in [0.25, 0.3) is 5.91 Å². The summed E-state index contributed by atoms with van der Waals surface area (Å²) in [5.41, 5.74) is 9.26. The highest BCUT2D eigenvalue weighted by Crippen LogP contribution is 2.16. The predicted molar refractivity (Wildman–Crippen MR) is 114 cm³/mol. The molecule has 0 saturated carbocycles. The molecule has 2 rings (SSSR count). The molecule has 138 valence electrons. The van der Waals surface area contributed by atoms with Crippen molar-refractivity contribution in [3.05, 3.63) is 41.4 Å². The fraction of sp³-hybridized carbons (Fsp3) is 0.250. The number of nitrogens with two attached hydrogens (primary N) is 1. The molecule has 1 aromatic heterocycles. The van der Waals surface area contributed by atoms with Crippen LogP contribution in [0.5, 0.6) is 0 Å². The molecule has 1 heterocycles. The van der Waals surface area contributed by atoms with E-state index in [2.05, 4.69) is 28.0 Å². The Morgan fingerprint density at radius 3 is 2.69 bits per heavy atom. The summed E-state index contributed by atoms with van der Waals surface area (Å²) >= 11 is 11.5. The first-order valence-corrected chi connectivity index (χ1v) is 9.67. The maximum absolute atomic E-state index is 12.4. The molecule has 2 aromatic rings. The van der Waals surface area contributed by atoms with Gasteiger partial charge in [-0.2, -0.15) is 0 Å². The summed E-state index contributed by atoms with van der Waals surface area (Å²) in [5.74, 6) is -0.421. The van der Waals surface area contributed by atoms with Gasteiger partial charge < -0.3 is 16.4 Å². The number of carbonyl (C=O) groups is 1. The van der Waals surface area contributed by atoms with Crippen LogP contribution in [0.4, 0.5) is 10.8 Å². The van der Waals surface area contributed by atoms with Crippen molar-refractivity contribution in [3.8, 4) is 0 Å². The second-order valence-electron chi connectivity index (χ2n) is 5.22. The Kier molecular flexibility index (Phi) is 7.70. The van der Waals surface area contributed by atoms with E-state index in [1.54, 1.807) is 17.5 Å². The number of amides is 1. The maximum atomic E-state index is 12.4. The first-order valence-electron chi connectivity index (χ1n) is 7.97. The first kappa shape index (κ1) is 20.0. The lowest BCUT2D eigenvalue weighted by Gasteiger charge is -2.22. The minimum atomic E-state index is -0.421. The molecule has 0 atom stereocenters. The second-order valence-corrected chi connectivity index (χ2v) is 6.91. The number of hydrazine groups is 1. The van der Waals surface area contributed by atoms with Crippen LogP contribution in [0.3, 0.4) is 0 Å². The molecule has 10 heteroatoms. The summed E-state index contributed by atoms with van der Waals surface area (Å²) in [7, 11) is 0. The number of benzene rings is 1. The van der Waals surface area contributed by atoms with E-state index in [4.69, 9.17) is 30.2 Å². The van der Waals surface area contributed by atoms with Crippen LogP contribution in [0.15, 0.2) is 35.7 Å². The van der Waals surface area contributed by atoms with Crippen molar-refractivity contribution in [1.29, 1.82) is 0 Å². The Balaban J connectivity index is 1.98. The average molecular weight is 409 g/mol. The molecule has 0 fully saturated rings. The van der Waals surface area contributed by atoms with Gasteiger partial charge in [0, 0.05) is 11.9 Å². The normalized spacial score (nSPS) is 10.0. The van der Waals surface area contributed by atoms with Crippen LogP contribution in [0.2, 0.25) is 0 Å². The zero-order chi connectivity index (χ0) is 18.9. The SMILES string of the molecule is CCCCNC(=S)Nc1nc(C(=O)NN(C(N)=S)c2ccccc2)cs1. The van der Waals surface area contributed by atoms with Crippen molar-refractivity contribution in [1.82, 2.24) is 15.7 Å². The Labute approximate surface area is 167 Å². The standard InChI is InChI=1S/C16H20N6OS3/c1-2-3-9-18-15(25)20-16-19-12(10-26-16)13(23)21-22(14(17)24)11-7-5-4-6-8-11/h4-8,10H,2-3,9H2,1H3,(H2,17,24)(H,21,23)(H2,18,19,20,25). The summed E-state index contributed by atoms with van der Waals surface area (Å²) in [6, 6.07) is 9.08. The molecule has 5 N–H and O–H groups in total. The zero-order valence-corrected chi connectivity index (χ0v) is 16.6. The summed E-state index contributed by atoms with van der Waals surface area (Å²) in [4.78, 5) is 16.7. The summed E-state index contributed by atoms with van der Waals surface area (Å²) in [6.07, 6.45) is 2.11. The number of para-hydroxylation sites is 1. The van der Waals surface area contributed by atoms with E-state index in [-0.39, 0.29) is 10.8 Å². The molecule has 0 unspecified atom stereocenters. The highest BCUT2D eigenvalue weighted by atomic mass is 32.1. The van der Waals surface area contributed by atoms with Gasteiger partial charge in [0.05, 0.1) is 5.69 Å². The first-order chi connectivity index (χ1) is 12.5. The number of thiocarbonyl (C=S) groups is 2. The van der Waals surface area contributed by atoms with Gasteiger partial charge in [-0.05, 0) is 43.0 Å². The van der Waals surface area contributed by atoms with Gasteiger partial charge in [-0.3, -0.25) is 10.2 Å². The lowest BCUT2D eigenvalue weighted by molar-refractivity contribution is 0.0951. The van der Waals surface area contributed by atoms with E-state index in [9.17, 15) is 4.79 Å². The Bertz CT molecular complexity index is 764. The molecule has 26 heavy (non-hydrogen) atoms. The quantitative estimate of drug-likeness (QED) is 0.329. The van der Waals surface area contributed by atoms with Gasteiger partial charge in [-0.25, -0.2) is 9.99 Å². The molecule has 0 bridgehead atoms. The summed E-state index contributed by atoms with van der Waals surface area (Å²) in [5, 5.41) is 10.1. The number of hydrogen-bond donors (Lipinski definition) is 4. The van der Waals surface area contributed by atoms with Gasteiger partial charge in [-0.1, -0.05) is 31.5 Å². The summed E-state index contributed by atoms with van der Waals surface area (Å²) < 4.78 is 0. The number of nitrogens with zero attached hydrogens (tertiary/aromatic N) is 2. The molecular formula is C16H20N6OS3. The largest absolute Gasteiger partial charge is 0.374 e. The minimum Gasteiger partial charge on any atom is -0.374 e. The van der Waals surface area contributed by atoms with E-state index >= 15 is 0 Å². The molecule has 0 saturated heterocycles. The van der Waals surface area contributed by atoms with Gasteiger partial charge in [0.1, 0.15) is 5.69 Å². The summed E-state index contributed by atoms with van der Waals surface area (Å²) in [6.45, 7) is 2.90. The molecule has 1 aromatic carbocycles. The zero-order valence-electron chi connectivity index (χ0n) is 14.2. The Morgan fingerprint density at radius 2 is 2.04 bits per heavy atom. The molecule has 0 aliphatic carbocycles. The van der Waals surface area contributed by atoms with Crippen LogP contribution in [-0.2, 0) is 0 Å². The molecule has 1 amide bonds. The van der Waals surface area contributed by atoms with Crippen LogP contribution in [0, 0.1) is 0 Å². The van der Waals surface area contributed by atoms with Crippen LogP contribution in [0.1, 0.15) is 30.3 Å². The van der Waals surface area contributed by atoms with Gasteiger partial charge in [0.2, 0.25) is 0 Å². The fourth-order valence-electron chi connectivity index (χ4n) is 1.94. The number of unbranched alkanes of at least 4 members (excludes halogenated alkanes) is 1. The number of carbonyl (C=O) groups excluding carboxylic acids is 1. The van der Waals surface area contributed by atoms with Gasteiger partial charge >= 0.3 is 0 Å². The van der Waals surface area contributed by atoms with Crippen molar-refractivity contribution < 1.29 is 4.79 Å². The second kappa shape index (κ2) is 10.00. The number of anilines is 2. The minimum absolute atomic E-state index is 0.0272. The molecule has 7 nitrogen and oxygen atoms in total. The molecular weight excluding hydrogens is 388 g/mol. The fourth-order valence-corrected chi connectivity index (χ4v) is 3.05. The van der Waals surface area contributed by atoms with Gasteiger partial charge in [-0.15, -0.1) is 11.3 Å². The van der Waals surface area contributed by atoms with Gasteiger partial charge in [0.15, 0.2) is 15.4 Å². The predicted octanol–water partition coefficient (Wildman–Crippen LogP) is 2.62. The van der Waals surface area contributed by atoms with Crippen LogP contribution in [-0.4, -0.2) is 27.7 Å². The molecule has 0 radical (unpaired) electrons. The third-order valence-electron chi connectivity index (χ3n) is 3.22. The van der Waals surface area contributed by atoms with Crippen molar-refractivity contribution in [3.63, 3.8) is 0 Å². The third-order valence-corrected chi connectivity index (χ3v) is 4.41. The third kappa shape index (κ3) is 5.90. The van der Waals surface area contributed by atoms with E-state index in [1.807, 2.05) is 18.2 Å². The van der Waals surface area contributed by atoms with E-state index in [0.717, 1.165) is 19.4 Å². The van der Waals surface area contributed by atoms with E-state index in [1.165, 1.54) is 16.3 Å². The number of hydrogen-bond acceptors (Lipinski definition) is 5. The van der Waals surface area contributed by atoms with E-state index in [0.29, 0.717) is 15.9 Å². The highest BCUT2D eigenvalue weighted by molar-refractivity contribution is 7.80. The van der Waals surface area contributed by atoms with Crippen LogP contribution in [0.25, 0.3) is 0 Å². The molecule has 0 aliphatic heterocycles. The van der Waals surface area contributed by atoms with Crippen LogP contribution >= 0.6 is 35.8 Å². The molecule has 0 aliphatic rings. The van der Waals surface area contributed by atoms with Crippen molar-refractivity contribution in [2.75, 3.05) is 16.9 Å². The van der Waals surface area contributed by atoms with Crippen molar-refractivity contribution in [2.45, 2.75) is 19.8 Å². The monoisotopic (exact) mass is 408 g/mol. The number of thiazole rings is 1. The highest BCUT2D eigenvalue weighted by Gasteiger charge is 2.17. The Hall–Kier alpha value is -2.30. The molecule has 0 spiro atoms. The topological polar surface area (TPSA) is 95.3 Å². The Morgan fingerprint density at radius 1 is 1.31 bits per heavy atom. The van der Waals surface area contributed by atoms with Crippen molar-refractivity contribution >= 4 is 62.7 Å². The smallest absolute Gasteiger partial charge is 0.289 e.